The highest BCUT2D eigenvalue weighted by atomic mass is 32.1. The highest BCUT2D eigenvalue weighted by Gasteiger charge is 2.09. The van der Waals surface area contributed by atoms with Gasteiger partial charge in [-0.2, -0.15) is 0 Å². The van der Waals surface area contributed by atoms with Crippen molar-refractivity contribution < 1.29 is 4.74 Å². The third-order valence-electron chi connectivity index (χ3n) is 3.14. The molecule has 1 aromatic heterocycles. The molecule has 5 nitrogen and oxygen atoms in total. The Balaban J connectivity index is 1.72. The Kier molecular flexibility index (Phi) is 6.83. The second kappa shape index (κ2) is 8.94. The van der Waals surface area contributed by atoms with Crippen LogP contribution >= 0.6 is 11.3 Å². The molecule has 0 bridgehead atoms. The highest BCUT2D eigenvalue weighted by Crippen LogP contribution is 2.09. The van der Waals surface area contributed by atoms with Crippen LogP contribution in [-0.2, 0) is 11.3 Å². The van der Waals surface area contributed by atoms with Crippen LogP contribution in [0.15, 0.2) is 22.5 Å². The number of nitrogens with zero attached hydrogens (tertiary/aromatic N) is 2. The van der Waals surface area contributed by atoms with Gasteiger partial charge in [-0.3, -0.25) is 4.90 Å². The zero-order chi connectivity index (χ0) is 14.0. The Morgan fingerprint density at radius 1 is 1.40 bits per heavy atom. The van der Waals surface area contributed by atoms with Gasteiger partial charge in [-0.1, -0.05) is 6.07 Å². The summed E-state index contributed by atoms with van der Waals surface area (Å²) < 4.78 is 5.35. The maximum atomic E-state index is 5.35. The molecule has 0 unspecified atom stereocenters. The number of nitrogens with one attached hydrogen (secondary N) is 2. The zero-order valence-electron chi connectivity index (χ0n) is 12.1. The fraction of sp³-hybridized carbons (Fsp3) is 0.643. The predicted octanol–water partition coefficient (Wildman–Crippen LogP) is 1.14. The first-order chi connectivity index (χ1) is 9.88. The summed E-state index contributed by atoms with van der Waals surface area (Å²) in [5.74, 6) is 0.897. The number of aliphatic imine (C=N–C) groups is 1. The molecule has 0 radical (unpaired) electrons. The summed E-state index contributed by atoms with van der Waals surface area (Å²) in [6.07, 6.45) is 0. The molecule has 1 aromatic rings. The van der Waals surface area contributed by atoms with E-state index in [4.69, 9.17) is 4.74 Å². The summed E-state index contributed by atoms with van der Waals surface area (Å²) >= 11 is 1.74. The maximum Gasteiger partial charge on any atom is 0.191 e. The molecular formula is C14H24N4OS. The van der Waals surface area contributed by atoms with Crippen LogP contribution in [-0.4, -0.2) is 56.8 Å². The lowest BCUT2D eigenvalue weighted by atomic mass is 10.4. The van der Waals surface area contributed by atoms with Crippen molar-refractivity contribution in [1.29, 1.82) is 0 Å². The van der Waals surface area contributed by atoms with E-state index in [0.717, 1.165) is 58.4 Å². The fourth-order valence-electron chi connectivity index (χ4n) is 2.06. The molecule has 1 aliphatic heterocycles. The Labute approximate surface area is 125 Å². The first-order valence-corrected chi connectivity index (χ1v) is 8.11. The summed E-state index contributed by atoms with van der Waals surface area (Å²) in [5.41, 5.74) is 0. The van der Waals surface area contributed by atoms with Gasteiger partial charge in [0.05, 0.1) is 19.8 Å². The van der Waals surface area contributed by atoms with Crippen molar-refractivity contribution in [3.05, 3.63) is 22.4 Å². The highest BCUT2D eigenvalue weighted by molar-refractivity contribution is 7.09. The summed E-state index contributed by atoms with van der Waals surface area (Å²) in [6.45, 7) is 9.43. The van der Waals surface area contributed by atoms with Crippen LogP contribution in [0.4, 0.5) is 0 Å². The molecule has 1 aliphatic rings. The number of ether oxygens (including phenoxy) is 1. The van der Waals surface area contributed by atoms with Gasteiger partial charge in [0.1, 0.15) is 0 Å². The standard InChI is InChI=1S/C14H24N4OS/c1-2-15-14(17-12-13-4-3-11-20-13)16-5-6-18-7-9-19-10-8-18/h3-4,11H,2,5-10,12H2,1H3,(H2,15,16,17). The van der Waals surface area contributed by atoms with E-state index in [1.165, 1.54) is 4.88 Å². The Morgan fingerprint density at radius 3 is 2.95 bits per heavy atom. The van der Waals surface area contributed by atoms with Crippen molar-refractivity contribution in [3.63, 3.8) is 0 Å². The Bertz CT molecular complexity index is 388. The minimum atomic E-state index is 0.741. The van der Waals surface area contributed by atoms with E-state index in [0.29, 0.717) is 0 Å². The molecule has 112 valence electrons. The summed E-state index contributed by atoms with van der Waals surface area (Å²) in [4.78, 5) is 8.30. The summed E-state index contributed by atoms with van der Waals surface area (Å²) in [5, 5.41) is 8.76. The van der Waals surface area contributed by atoms with E-state index in [2.05, 4.69) is 45.0 Å². The smallest absolute Gasteiger partial charge is 0.191 e. The van der Waals surface area contributed by atoms with Crippen LogP contribution in [0.1, 0.15) is 11.8 Å². The van der Waals surface area contributed by atoms with Crippen LogP contribution < -0.4 is 10.6 Å². The third-order valence-corrected chi connectivity index (χ3v) is 4.00. The maximum absolute atomic E-state index is 5.35. The van der Waals surface area contributed by atoms with Crippen LogP contribution in [0, 0.1) is 0 Å². The molecule has 1 saturated heterocycles. The normalized spacial score (nSPS) is 17.1. The number of morpholine rings is 1. The SMILES string of the molecule is CCNC(=NCc1cccs1)NCCN1CCOCC1. The second-order valence-electron chi connectivity index (χ2n) is 4.66. The van der Waals surface area contributed by atoms with E-state index in [9.17, 15) is 0 Å². The van der Waals surface area contributed by atoms with Gasteiger partial charge in [0.25, 0.3) is 0 Å². The van der Waals surface area contributed by atoms with Crippen molar-refractivity contribution in [2.75, 3.05) is 45.9 Å². The van der Waals surface area contributed by atoms with Crippen molar-refractivity contribution in [2.24, 2.45) is 4.99 Å². The summed E-state index contributed by atoms with van der Waals surface area (Å²) in [6, 6.07) is 4.18. The zero-order valence-corrected chi connectivity index (χ0v) is 12.9. The molecule has 0 spiro atoms. The minimum Gasteiger partial charge on any atom is -0.379 e. The lowest BCUT2D eigenvalue weighted by Gasteiger charge is -2.26. The van der Waals surface area contributed by atoms with Crippen LogP contribution in [0.5, 0.6) is 0 Å². The molecule has 0 amide bonds. The molecule has 2 heterocycles. The fourth-order valence-corrected chi connectivity index (χ4v) is 2.69. The van der Waals surface area contributed by atoms with E-state index in [-0.39, 0.29) is 0 Å². The molecule has 0 atom stereocenters. The summed E-state index contributed by atoms with van der Waals surface area (Å²) in [7, 11) is 0. The monoisotopic (exact) mass is 296 g/mol. The van der Waals surface area contributed by atoms with Crippen molar-refractivity contribution >= 4 is 17.3 Å². The Morgan fingerprint density at radius 2 is 2.25 bits per heavy atom. The number of rotatable bonds is 6. The molecule has 0 saturated carbocycles. The van der Waals surface area contributed by atoms with Gasteiger partial charge in [0, 0.05) is 37.6 Å². The quantitative estimate of drug-likeness (QED) is 0.610. The predicted molar refractivity (Wildman–Crippen MR) is 84.4 cm³/mol. The number of hydrogen-bond acceptors (Lipinski definition) is 4. The van der Waals surface area contributed by atoms with Crippen molar-refractivity contribution in [1.82, 2.24) is 15.5 Å². The lowest BCUT2D eigenvalue weighted by molar-refractivity contribution is 0.0389. The number of thiophene rings is 1. The average molecular weight is 296 g/mol. The van der Waals surface area contributed by atoms with Gasteiger partial charge in [-0.15, -0.1) is 11.3 Å². The second-order valence-corrected chi connectivity index (χ2v) is 5.69. The van der Waals surface area contributed by atoms with Gasteiger partial charge >= 0.3 is 0 Å². The first kappa shape index (κ1) is 15.3. The molecule has 1 fully saturated rings. The van der Waals surface area contributed by atoms with Gasteiger partial charge in [0.2, 0.25) is 0 Å². The van der Waals surface area contributed by atoms with Gasteiger partial charge in [0.15, 0.2) is 5.96 Å². The largest absolute Gasteiger partial charge is 0.379 e. The lowest BCUT2D eigenvalue weighted by Crippen LogP contribution is -2.44. The minimum absolute atomic E-state index is 0.741. The molecular weight excluding hydrogens is 272 g/mol. The molecule has 0 aliphatic carbocycles. The van der Waals surface area contributed by atoms with Gasteiger partial charge < -0.3 is 15.4 Å². The molecule has 20 heavy (non-hydrogen) atoms. The number of guanidine groups is 1. The number of hydrogen-bond donors (Lipinski definition) is 2. The average Bonchev–Trinajstić information content (AvgIpc) is 2.99. The van der Waals surface area contributed by atoms with Crippen LogP contribution in [0.3, 0.4) is 0 Å². The third kappa shape index (κ3) is 5.48. The molecule has 6 heteroatoms. The van der Waals surface area contributed by atoms with Gasteiger partial charge in [-0.25, -0.2) is 4.99 Å². The molecule has 0 aromatic carbocycles. The van der Waals surface area contributed by atoms with E-state index in [1.54, 1.807) is 11.3 Å². The van der Waals surface area contributed by atoms with Crippen LogP contribution in [0.25, 0.3) is 0 Å². The van der Waals surface area contributed by atoms with Crippen LogP contribution in [0.2, 0.25) is 0 Å². The Hall–Kier alpha value is -1.11. The molecule has 2 rings (SSSR count). The van der Waals surface area contributed by atoms with Crippen molar-refractivity contribution in [3.8, 4) is 0 Å². The molecule has 2 N–H and O–H groups in total. The first-order valence-electron chi connectivity index (χ1n) is 7.23. The van der Waals surface area contributed by atoms with E-state index < -0.39 is 0 Å². The van der Waals surface area contributed by atoms with Crippen molar-refractivity contribution in [2.45, 2.75) is 13.5 Å². The van der Waals surface area contributed by atoms with E-state index in [1.807, 2.05) is 0 Å². The van der Waals surface area contributed by atoms with E-state index >= 15 is 0 Å². The van der Waals surface area contributed by atoms with Gasteiger partial charge in [-0.05, 0) is 18.4 Å². The topological polar surface area (TPSA) is 48.9 Å².